The van der Waals surface area contributed by atoms with Crippen LogP contribution in [0, 0.1) is 6.92 Å². The minimum Gasteiger partial charge on any atom is -0.491 e. The first-order valence-corrected chi connectivity index (χ1v) is 6.71. The number of rotatable bonds is 6. The molecule has 0 atom stereocenters. The molecule has 0 aliphatic heterocycles. The van der Waals surface area contributed by atoms with E-state index in [2.05, 4.69) is 10.2 Å². The number of methoxy groups -OCH3 is 1. The van der Waals surface area contributed by atoms with Crippen molar-refractivity contribution in [2.75, 3.05) is 20.3 Å². The number of ether oxygens (including phenoxy) is 2. The summed E-state index contributed by atoms with van der Waals surface area (Å²) in [7, 11) is 1.46. The van der Waals surface area contributed by atoms with Crippen LogP contribution in [-0.4, -0.2) is 36.8 Å². The molecule has 0 aliphatic rings. The molecule has 1 aromatic heterocycles. The minimum atomic E-state index is -4.54. The summed E-state index contributed by atoms with van der Waals surface area (Å²) in [4.78, 5) is 11.1. The Morgan fingerprint density at radius 1 is 1.26 bits per heavy atom. The first-order chi connectivity index (χ1) is 10.9. The quantitative estimate of drug-likeness (QED) is 0.653. The maximum absolute atomic E-state index is 13.1. The van der Waals surface area contributed by atoms with Crippen LogP contribution in [0.4, 0.5) is 13.2 Å². The highest BCUT2D eigenvalue weighted by Crippen LogP contribution is 2.36. The number of carbonyl (C=O) groups excluding carboxylic acids is 1. The zero-order chi connectivity index (χ0) is 17.0. The van der Waals surface area contributed by atoms with Crippen LogP contribution in [0.3, 0.4) is 0 Å². The summed E-state index contributed by atoms with van der Waals surface area (Å²) in [5, 5.41) is 6.51. The van der Waals surface area contributed by atoms with Crippen molar-refractivity contribution in [3.8, 4) is 17.0 Å². The Kier molecular flexibility index (Phi) is 5.05. The van der Waals surface area contributed by atoms with Gasteiger partial charge in [0, 0.05) is 18.4 Å². The predicted molar refractivity (Wildman–Crippen MR) is 76.5 cm³/mol. The van der Waals surface area contributed by atoms with E-state index < -0.39 is 11.7 Å². The van der Waals surface area contributed by atoms with Gasteiger partial charge in [-0.05, 0) is 25.1 Å². The molecule has 0 radical (unpaired) electrons. The van der Waals surface area contributed by atoms with Gasteiger partial charge in [-0.1, -0.05) is 0 Å². The first-order valence-electron chi connectivity index (χ1n) is 6.71. The second-order valence-electron chi connectivity index (χ2n) is 4.81. The van der Waals surface area contributed by atoms with Gasteiger partial charge < -0.3 is 9.47 Å². The summed E-state index contributed by atoms with van der Waals surface area (Å²) in [6.07, 6.45) is -3.98. The van der Waals surface area contributed by atoms with Crippen molar-refractivity contribution in [2.24, 2.45) is 0 Å². The van der Waals surface area contributed by atoms with E-state index in [0.717, 1.165) is 12.1 Å². The number of carbonyl (C=O) groups is 1. The summed E-state index contributed by atoms with van der Waals surface area (Å²) < 4.78 is 49.3. The number of alkyl halides is 3. The second kappa shape index (κ2) is 6.82. The van der Waals surface area contributed by atoms with Crippen LogP contribution >= 0.6 is 0 Å². The lowest BCUT2D eigenvalue weighted by Crippen LogP contribution is -2.08. The molecule has 5 nitrogen and oxygen atoms in total. The van der Waals surface area contributed by atoms with E-state index >= 15 is 0 Å². The Labute approximate surface area is 130 Å². The predicted octanol–water partition coefficient (Wildman–Crippen LogP) is 3.24. The number of nitrogens with one attached hydrogen (secondary N) is 1. The zero-order valence-corrected chi connectivity index (χ0v) is 12.5. The van der Waals surface area contributed by atoms with Gasteiger partial charge in [-0.3, -0.25) is 9.89 Å². The third kappa shape index (κ3) is 3.89. The second-order valence-corrected chi connectivity index (χ2v) is 4.81. The number of nitrogens with zero attached hydrogens (tertiary/aromatic N) is 1. The highest BCUT2D eigenvalue weighted by atomic mass is 19.4. The summed E-state index contributed by atoms with van der Waals surface area (Å²) in [6, 6.07) is 3.25. The number of halogens is 3. The van der Waals surface area contributed by atoms with Gasteiger partial charge in [0.1, 0.15) is 18.1 Å². The number of aryl methyl sites for hydroxylation is 1. The van der Waals surface area contributed by atoms with Crippen LogP contribution in [0.15, 0.2) is 18.2 Å². The molecular weight excluding hydrogens is 313 g/mol. The van der Waals surface area contributed by atoms with Crippen molar-refractivity contribution < 1.29 is 27.4 Å². The molecule has 23 heavy (non-hydrogen) atoms. The highest BCUT2D eigenvalue weighted by molar-refractivity contribution is 5.87. The van der Waals surface area contributed by atoms with Crippen LogP contribution in [0.2, 0.25) is 0 Å². The molecule has 124 valence electrons. The van der Waals surface area contributed by atoms with Gasteiger partial charge in [0.15, 0.2) is 6.29 Å². The van der Waals surface area contributed by atoms with Crippen LogP contribution in [0.5, 0.6) is 5.75 Å². The average Bonchev–Trinajstić information content (AvgIpc) is 2.87. The van der Waals surface area contributed by atoms with Crippen LogP contribution in [0.25, 0.3) is 11.3 Å². The molecule has 1 heterocycles. The van der Waals surface area contributed by atoms with Crippen LogP contribution in [-0.2, 0) is 10.9 Å². The fourth-order valence-electron chi connectivity index (χ4n) is 2.03. The molecule has 0 spiro atoms. The van der Waals surface area contributed by atoms with E-state index in [0.29, 0.717) is 12.0 Å². The van der Waals surface area contributed by atoms with E-state index in [1.807, 2.05) is 0 Å². The Morgan fingerprint density at radius 3 is 2.61 bits per heavy atom. The molecule has 0 saturated heterocycles. The Hall–Kier alpha value is -2.35. The fraction of sp³-hybridized carbons (Fsp3) is 0.333. The minimum absolute atomic E-state index is 0.0318. The number of aromatic nitrogens is 2. The molecule has 8 heteroatoms. The van der Waals surface area contributed by atoms with Gasteiger partial charge in [-0.15, -0.1) is 0 Å². The third-order valence-corrected chi connectivity index (χ3v) is 3.18. The molecule has 2 rings (SSSR count). The summed E-state index contributed by atoms with van der Waals surface area (Å²) in [6.45, 7) is 1.97. The Bertz CT molecular complexity index is 696. The standard InChI is InChI=1S/C15H15F3N2O3/c1-9-13(8-21)14(20-19-9)10-5-11(15(16,17)18)7-12(6-10)23-4-3-22-2/h5-8H,3-4H2,1-2H3,(H,19,20). The topological polar surface area (TPSA) is 64.2 Å². The summed E-state index contributed by atoms with van der Waals surface area (Å²) >= 11 is 0. The number of hydrogen-bond donors (Lipinski definition) is 1. The lowest BCUT2D eigenvalue weighted by molar-refractivity contribution is -0.137. The zero-order valence-electron chi connectivity index (χ0n) is 12.5. The van der Waals surface area contributed by atoms with E-state index in [4.69, 9.17) is 9.47 Å². The molecule has 0 saturated carbocycles. The number of benzene rings is 1. The maximum atomic E-state index is 13.1. The molecule has 1 N–H and O–H groups in total. The molecule has 0 amide bonds. The van der Waals surface area contributed by atoms with Crippen LogP contribution in [0.1, 0.15) is 21.6 Å². The van der Waals surface area contributed by atoms with Gasteiger partial charge in [-0.25, -0.2) is 0 Å². The van der Waals surface area contributed by atoms with Crippen molar-refractivity contribution >= 4 is 6.29 Å². The van der Waals surface area contributed by atoms with E-state index in [1.54, 1.807) is 6.92 Å². The fourth-order valence-corrected chi connectivity index (χ4v) is 2.03. The Balaban J connectivity index is 2.49. The number of aldehydes is 1. The van der Waals surface area contributed by atoms with Crippen molar-refractivity contribution in [3.05, 3.63) is 35.0 Å². The molecule has 0 aliphatic carbocycles. The first kappa shape index (κ1) is 17.0. The monoisotopic (exact) mass is 328 g/mol. The molecule has 1 aromatic carbocycles. The largest absolute Gasteiger partial charge is 0.491 e. The lowest BCUT2D eigenvalue weighted by atomic mass is 10.0. The molecule has 2 aromatic rings. The molecule has 0 fully saturated rings. The average molecular weight is 328 g/mol. The van der Waals surface area contributed by atoms with Crippen molar-refractivity contribution in [3.63, 3.8) is 0 Å². The van der Waals surface area contributed by atoms with Crippen molar-refractivity contribution in [1.82, 2.24) is 10.2 Å². The molecule has 0 unspecified atom stereocenters. The van der Waals surface area contributed by atoms with Crippen molar-refractivity contribution in [1.29, 1.82) is 0 Å². The smallest absolute Gasteiger partial charge is 0.416 e. The van der Waals surface area contributed by atoms with E-state index in [-0.39, 0.29) is 35.8 Å². The van der Waals surface area contributed by atoms with Gasteiger partial charge in [0.25, 0.3) is 0 Å². The van der Waals surface area contributed by atoms with Gasteiger partial charge in [0.2, 0.25) is 0 Å². The van der Waals surface area contributed by atoms with Gasteiger partial charge >= 0.3 is 6.18 Å². The summed E-state index contributed by atoms with van der Waals surface area (Å²) in [5.41, 5.74) is 0.125. The maximum Gasteiger partial charge on any atom is 0.416 e. The third-order valence-electron chi connectivity index (χ3n) is 3.18. The van der Waals surface area contributed by atoms with E-state index in [1.165, 1.54) is 13.2 Å². The van der Waals surface area contributed by atoms with Crippen LogP contribution < -0.4 is 4.74 Å². The molecular formula is C15H15F3N2O3. The van der Waals surface area contributed by atoms with Gasteiger partial charge in [0.05, 0.1) is 17.7 Å². The number of H-pyrrole nitrogens is 1. The van der Waals surface area contributed by atoms with Crippen molar-refractivity contribution in [2.45, 2.75) is 13.1 Å². The summed E-state index contributed by atoms with van der Waals surface area (Å²) in [5.74, 6) is 0.0318. The lowest BCUT2D eigenvalue weighted by Gasteiger charge is -2.12. The molecule has 0 bridgehead atoms. The number of hydrogen-bond acceptors (Lipinski definition) is 4. The van der Waals surface area contributed by atoms with E-state index in [9.17, 15) is 18.0 Å². The highest BCUT2D eigenvalue weighted by Gasteiger charge is 2.32. The SMILES string of the molecule is COCCOc1cc(-c2n[nH]c(C)c2C=O)cc(C(F)(F)F)c1. The van der Waals surface area contributed by atoms with Gasteiger partial charge in [-0.2, -0.15) is 18.3 Å². The normalized spacial score (nSPS) is 11.5. The Morgan fingerprint density at radius 2 is 2.00 bits per heavy atom. The number of aromatic amines is 1.